The minimum absolute atomic E-state index is 0.713. The van der Waals surface area contributed by atoms with Crippen LogP contribution in [0.2, 0.25) is 0 Å². The summed E-state index contributed by atoms with van der Waals surface area (Å²) < 4.78 is 6.76. The number of ether oxygens (including phenoxy) is 1. The van der Waals surface area contributed by atoms with Gasteiger partial charge in [-0.1, -0.05) is 48.5 Å². The van der Waals surface area contributed by atoms with Gasteiger partial charge in [0.15, 0.2) is 0 Å². The molecular formula is C14H22BrNO. The van der Waals surface area contributed by atoms with Crippen molar-refractivity contribution in [2.45, 2.75) is 46.0 Å². The number of hydrogen-bond donors (Lipinski definition) is 1. The third-order valence-electron chi connectivity index (χ3n) is 2.76. The predicted molar refractivity (Wildman–Crippen MR) is 77.5 cm³/mol. The first-order valence-electron chi connectivity index (χ1n) is 6.33. The Kier molecular flexibility index (Phi) is 6.41. The maximum Gasteiger partial charge on any atom is 0.145 e. The van der Waals surface area contributed by atoms with Crippen molar-refractivity contribution in [1.82, 2.24) is 0 Å². The topological polar surface area (TPSA) is 35.2 Å². The molecule has 0 atom stereocenters. The number of aryl methyl sites for hydroxylation is 1. The highest BCUT2D eigenvalue weighted by Crippen LogP contribution is 2.30. The lowest BCUT2D eigenvalue weighted by atomic mass is 10.1. The lowest BCUT2D eigenvalue weighted by molar-refractivity contribution is 0.304. The number of halogens is 1. The first-order valence-corrected chi connectivity index (χ1v) is 7.13. The Bertz CT molecular complexity index is 329. The van der Waals surface area contributed by atoms with Crippen molar-refractivity contribution in [3.8, 4) is 5.75 Å². The highest BCUT2D eigenvalue weighted by molar-refractivity contribution is 9.10. The molecule has 1 aromatic rings. The van der Waals surface area contributed by atoms with Crippen molar-refractivity contribution < 1.29 is 4.74 Å². The maximum absolute atomic E-state index is 5.93. The Hall–Kier alpha value is -0.700. The molecule has 2 N–H and O–H groups in total. The summed E-state index contributed by atoms with van der Waals surface area (Å²) in [6.45, 7) is 5.01. The van der Waals surface area contributed by atoms with Crippen molar-refractivity contribution in [3.05, 3.63) is 22.2 Å². The predicted octanol–water partition coefficient (Wildman–Crippen LogP) is 4.69. The number of anilines is 1. The largest absolute Gasteiger partial charge is 0.491 e. The van der Waals surface area contributed by atoms with Gasteiger partial charge in [-0.2, -0.15) is 0 Å². The van der Waals surface area contributed by atoms with Crippen molar-refractivity contribution in [1.29, 1.82) is 0 Å². The second kappa shape index (κ2) is 7.59. The molecule has 0 aliphatic heterocycles. The van der Waals surface area contributed by atoms with E-state index < -0.39 is 0 Å². The van der Waals surface area contributed by atoms with Gasteiger partial charge in [0, 0.05) is 4.47 Å². The Labute approximate surface area is 113 Å². The second-order valence-electron chi connectivity index (χ2n) is 4.40. The number of nitrogens with two attached hydrogens (primary N) is 1. The monoisotopic (exact) mass is 299 g/mol. The van der Waals surface area contributed by atoms with Crippen LogP contribution >= 0.6 is 15.9 Å². The summed E-state index contributed by atoms with van der Waals surface area (Å²) in [4.78, 5) is 0. The standard InChI is InChI=1S/C14H22BrNO/c1-3-4-5-6-7-8-17-14-11(2)9-12(15)10-13(14)16/h9-10H,3-8,16H2,1-2H3. The summed E-state index contributed by atoms with van der Waals surface area (Å²) >= 11 is 3.42. The van der Waals surface area contributed by atoms with Crippen molar-refractivity contribution in [2.24, 2.45) is 0 Å². The van der Waals surface area contributed by atoms with E-state index >= 15 is 0 Å². The quantitative estimate of drug-likeness (QED) is 0.585. The zero-order valence-electron chi connectivity index (χ0n) is 10.8. The average molecular weight is 300 g/mol. The summed E-state index contributed by atoms with van der Waals surface area (Å²) in [5.74, 6) is 0.837. The number of unbranched alkanes of at least 4 members (excludes halogenated alkanes) is 4. The summed E-state index contributed by atoms with van der Waals surface area (Å²) in [6, 6.07) is 3.92. The first kappa shape index (κ1) is 14.4. The minimum atomic E-state index is 0.713. The molecule has 0 aromatic heterocycles. The molecule has 0 radical (unpaired) electrons. The zero-order valence-corrected chi connectivity index (χ0v) is 12.3. The van der Waals surface area contributed by atoms with Gasteiger partial charge in [0.05, 0.1) is 12.3 Å². The van der Waals surface area contributed by atoms with E-state index in [-0.39, 0.29) is 0 Å². The molecule has 0 amide bonds. The molecule has 0 saturated heterocycles. The van der Waals surface area contributed by atoms with Gasteiger partial charge < -0.3 is 10.5 Å². The molecule has 17 heavy (non-hydrogen) atoms. The number of hydrogen-bond acceptors (Lipinski definition) is 2. The zero-order chi connectivity index (χ0) is 12.7. The van der Waals surface area contributed by atoms with E-state index in [2.05, 4.69) is 22.9 Å². The minimum Gasteiger partial charge on any atom is -0.491 e. The fourth-order valence-corrected chi connectivity index (χ4v) is 2.42. The number of benzene rings is 1. The Morgan fingerprint density at radius 2 is 1.88 bits per heavy atom. The average Bonchev–Trinajstić information content (AvgIpc) is 2.26. The molecule has 0 spiro atoms. The summed E-state index contributed by atoms with van der Waals surface area (Å²) in [7, 11) is 0. The van der Waals surface area contributed by atoms with Crippen LogP contribution in [0.3, 0.4) is 0 Å². The van der Waals surface area contributed by atoms with Gasteiger partial charge in [0.1, 0.15) is 5.75 Å². The first-order chi connectivity index (χ1) is 8.15. The van der Waals surface area contributed by atoms with Gasteiger partial charge in [-0.05, 0) is 31.0 Å². The van der Waals surface area contributed by atoms with Gasteiger partial charge in [0.25, 0.3) is 0 Å². The van der Waals surface area contributed by atoms with E-state index in [0.29, 0.717) is 5.69 Å². The molecule has 96 valence electrons. The second-order valence-corrected chi connectivity index (χ2v) is 5.32. The van der Waals surface area contributed by atoms with E-state index in [4.69, 9.17) is 10.5 Å². The van der Waals surface area contributed by atoms with E-state index in [1.807, 2.05) is 19.1 Å². The fourth-order valence-electron chi connectivity index (χ4n) is 1.83. The Morgan fingerprint density at radius 3 is 2.53 bits per heavy atom. The Morgan fingerprint density at radius 1 is 1.18 bits per heavy atom. The fraction of sp³-hybridized carbons (Fsp3) is 0.571. The molecule has 2 nitrogen and oxygen atoms in total. The SMILES string of the molecule is CCCCCCCOc1c(C)cc(Br)cc1N. The maximum atomic E-state index is 5.93. The number of rotatable bonds is 7. The Balaban J connectivity index is 2.36. The van der Waals surface area contributed by atoms with Crippen molar-refractivity contribution >= 4 is 21.6 Å². The normalized spacial score (nSPS) is 10.5. The molecule has 0 aliphatic carbocycles. The van der Waals surface area contributed by atoms with Gasteiger partial charge in [-0.25, -0.2) is 0 Å². The van der Waals surface area contributed by atoms with Gasteiger partial charge >= 0.3 is 0 Å². The van der Waals surface area contributed by atoms with Crippen LogP contribution in [0.25, 0.3) is 0 Å². The molecule has 0 bridgehead atoms. The third-order valence-corrected chi connectivity index (χ3v) is 3.22. The van der Waals surface area contributed by atoms with E-state index in [1.165, 1.54) is 25.7 Å². The van der Waals surface area contributed by atoms with Gasteiger partial charge in [-0.15, -0.1) is 0 Å². The van der Waals surface area contributed by atoms with Crippen LogP contribution in [0.15, 0.2) is 16.6 Å². The third kappa shape index (κ3) is 4.99. The van der Waals surface area contributed by atoms with Crippen molar-refractivity contribution in [2.75, 3.05) is 12.3 Å². The molecule has 0 fully saturated rings. The van der Waals surface area contributed by atoms with Crippen molar-refractivity contribution in [3.63, 3.8) is 0 Å². The lowest BCUT2D eigenvalue weighted by Crippen LogP contribution is -2.02. The van der Waals surface area contributed by atoms with Crippen LogP contribution in [0.5, 0.6) is 5.75 Å². The summed E-state index contributed by atoms with van der Waals surface area (Å²) in [5.41, 5.74) is 7.73. The molecule has 0 saturated carbocycles. The smallest absolute Gasteiger partial charge is 0.145 e. The molecule has 0 aliphatic rings. The highest BCUT2D eigenvalue weighted by Gasteiger charge is 2.05. The molecule has 3 heteroatoms. The van der Waals surface area contributed by atoms with Crippen LogP contribution in [0.1, 0.15) is 44.6 Å². The van der Waals surface area contributed by atoms with Crippen LogP contribution in [-0.4, -0.2) is 6.61 Å². The molecule has 1 aromatic carbocycles. The summed E-state index contributed by atoms with van der Waals surface area (Å²) in [6.07, 6.45) is 6.24. The molecule has 0 unspecified atom stereocenters. The van der Waals surface area contributed by atoms with Crippen LogP contribution < -0.4 is 10.5 Å². The van der Waals surface area contributed by atoms with E-state index in [1.54, 1.807) is 0 Å². The van der Waals surface area contributed by atoms with Crippen LogP contribution in [-0.2, 0) is 0 Å². The van der Waals surface area contributed by atoms with Gasteiger partial charge in [0.2, 0.25) is 0 Å². The lowest BCUT2D eigenvalue weighted by Gasteiger charge is -2.12. The van der Waals surface area contributed by atoms with E-state index in [9.17, 15) is 0 Å². The molecular weight excluding hydrogens is 278 g/mol. The molecule has 1 rings (SSSR count). The molecule has 0 heterocycles. The summed E-state index contributed by atoms with van der Waals surface area (Å²) in [5, 5.41) is 0. The highest BCUT2D eigenvalue weighted by atomic mass is 79.9. The van der Waals surface area contributed by atoms with Crippen LogP contribution in [0, 0.1) is 6.92 Å². The van der Waals surface area contributed by atoms with Crippen LogP contribution in [0.4, 0.5) is 5.69 Å². The van der Waals surface area contributed by atoms with E-state index in [0.717, 1.165) is 28.8 Å². The number of nitrogen functional groups attached to an aromatic ring is 1. The van der Waals surface area contributed by atoms with Gasteiger partial charge in [-0.3, -0.25) is 0 Å².